The van der Waals surface area contributed by atoms with E-state index >= 15 is 0 Å². The van der Waals surface area contributed by atoms with E-state index < -0.39 is 5.69 Å². The summed E-state index contributed by atoms with van der Waals surface area (Å²) in [5, 5.41) is 14.9. The van der Waals surface area contributed by atoms with Crippen molar-refractivity contribution in [1.29, 1.82) is 0 Å². The Labute approximate surface area is 175 Å². The number of aryl methyl sites for hydroxylation is 1. The van der Waals surface area contributed by atoms with Gasteiger partial charge in [0.05, 0.1) is 12.2 Å². The van der Waals surface area contributed by atoms with Crippen LogP contribution in [0, 0.1) is 6.92 Å². The maximum Gasteiger partial charge on any atom is 0.326 e. The third-order valence-corrected chi connectivity index (χ3v) is 4.97. The predicted molar refractivity (Wildman–Crippen MR) is 112 cm³/mol. The van der Waals surface area contributed by atoms with E-state index in [9.17, 15) is 9.90 Å². The van der Waals surface area contributed by atoms with Gasteiger partial charge in [-0.15, -0.1) is 0 Å². The lowest BCUT2D eigenvalue weighted by molar-refractivity contribution is 0.454. The second-order valence-corrected chi connectivity index (χ2v) is 7.67. The Morgan fingerprint density at radius 1 is 1.35 bits per heavy atom. The highest BCUT2D eigenvalue weighted by atomic mass is 16.3. The number of aromatic amines is 2. The molecule has 31 heavy (non-hydrogen) atoms. The molecule has 0 radical (unpaired) electrons. The zero-order chi connectivity index (χ0) is 21.5. The molecule has 5 rings (SSSR count). The largest absolute Gasteiger partial charge is 0.493 e. The second-order valence-electron chi connectivity index (χ2n) is 7.67. The van der Waals surface area contributed by atoms with E-state index in [1.807, 2.05) is 31.0 Å². The number of aromatic nitrogens is 7. The van der Waals surface area contributed by atoms with Crippen LogP contribution in [-0.4, -0.2) is 52.7 Å². The third kappa shape index (κ3) is 3.89. The lowest BCUT2D eigenvalue weighted by Crippen LogP contribution is -2.28. The minimum absolute atomic E-state index is 0.244. The van der Waals surface area contributed by atoms with Crippen molar-refractivity contribution in [2.45, 2.75) is 32.4 Å². The summed E-state index contributed by atoms with van der Waals surface area (Å²) in [6, 6.07) is 4.23. The lowest BCUT2D eigenvalue weighted by Gasteiger charge is -2.17. The van der Waals surface area contributed by atoms with Crippen molar-refractivity contribution in [3.05, 3.63) is 62.8 Å². The number of nitrogens with zero attached hydrogens (tertiary/aromatic N) is 7. The highest BCUT2D eigenvalue weighted by Crippen LogP contribution is 2.22. The summed E-state index contributed by atoms with van der Waals surface area (Å²) in [4.78, 5) is 36.5. The molecule has 0 amide bonds. The van der Waals surface area contributed by atoms with Gasteiger partial charge in [-0.05, 0) is 43.5 Å². The summed E-state index contributed by atoms with van der Waals surface area (Å²) in [6.07, 6.45) is 7.07. The Bertz CT molecular complexity index is 1450. The molecule has 1 aliphatic carbocycles. The van der Waals surface area contributed by atoms with Gasteiger partial charge in [-0.1, -0.05) is 0 Å². The molecular weight excluding hydrogens is 398 g/mol. The summed E-state index contributed by atoms with van der Waals surface area (Å²) in [7, 11) is 1.91. The van der Waals surface area contributed by atoms with Gasteiger partial charge in [0.1, 0.15) is 5.69 Å². The average Bonchev–Trinajstić information content (AvgIpc) is 3.36. The molecule has 4 heterocycles. The number of nitrogens with one attached hydrogen (secondary N) is 2. The predicted octanol–water partition coefficient (Wildman–Crippen LogP) is -0.203. The van der Waals surface area contributed by atoms with Crippen LogP contribution in [0.5, 0.6) is 5.88 Å². The zero-order valence-corrected chi connectivity index (χ0v) is 17.1. The average molecular weight is 419 g/mol. The van der Waals surface area contributed by atoms with Gasteiger partial charge in [-0.2, -0.15) is 19.6 Å². The number of fused-ring (bicyclic) bond motifs is 1. The van der Waals surface area contributed by atoms with Crippen molar-refractivity contribution in [1.82, 2.24) is 34.5 Å². The van der Waals surface area contributed by atoms with Crippen LogP contribution in [0.25, 0.3) is 11.7 Å². The number of pyridine rings is 1. The fourth-order valence-electron chi connectivity index (χ4n) is 3.29. The fourth-order valence-corrected chi connectivity index (χ4v) is 3.29. The van der Waals surface area contributed by atoms with Crippen LogP contribution in [0.2, 0.25) is 0 Å². The maximum atomic E-state index is 11.5. The SMILES string of the molecule is Cc1cc(CN(C)c2nc(=NC3CC3)n3nc/c(=C\c4[nH]c(=O)[nH]c4O)c3n2)ccn1. The molecule has 0 spiro atoms. The molecule has 0 unspecified atom stereocenters. The number of H-pyrrole nitrogens is 2. The van der Waals surface area contributed by atoms with Gasteiger partial charge in [0, 0.05) is 30.7 Å². The number of rotatable bonds is 5. The fraction of sp³-hybridized carbons (Fsp3) is 0.300. The van der Waals surface area contributed by atoms with Crippen LogP contribution < -0.4 is 21.4 Å². The van der Waals surface area contributed by atoms with Crippen LogP contribution >= 0.6 is 0 Å². The Balaban J connectivity index is 1.63. The van der Waals surface area contributed by atoms with E-state index in [2.05, 4.69) is 25.0 Å². The highest BCUT2D eigenvalue weighted by Gasteiger charge is 2.21. The summed E-state index contributed by atoms with van der Waals surface area (Å²) in [6.45, 7) is 2.55. The molecule has 0 bridgehead atoms. The van der Waals surface area contributed by atoms with Crippen LogP contribution in [0.15, 0.2) is 34.3 Å². The number of hydrogen-bond donors (Lipinski definition) is 3. The maximum absolute atomic E-state index is 11.5. The lowest BCUT2D eigenvalue weighted by atomic mass is 10.2. The molecule has 1 aliphatic rings. The summed E-state index contributed by atoms with van der Waals surface area (Å²) >= 11 is 0. The summed E-state index contributed by atoms with van der Waals surface area (Å²) in [5.74, 6) is 0.259. The normalized spacial score (nSPS) is 15.2. The summed E-state index contributed by atoms with van der Waals surface area (Å²) in [5.41, 5.74) is 2.80. The molecule has 11 heteroatoms. The molecule has 11 nitrogen and oxygen atoms in total. The van der Waals surface area contributed by atoms with Crippen LogP contribution in [0.4, 0.5) is 5.95 Å². The molecule has 0 aliphatic heterocycles. The summed E-state index contributed by atoms with van der Waals surface area (Å²) < 4.78 is 1.58. The first kappa shape index (κ1) is 19.0. The van der Waals surface area contributed by atoms with E-state index in [0.717, 1.165) is 24.1 Å². The Kier molecular flexibility index (Phi) is 4.50. The minimum atomic E-state index is -0.493. The van der Waals surface area contributed by atoms with Gasteiger partial charge in [0.15, 0.2) is 5.65 Å². The molecule has 0 aromatic carbocycles. The second kappa shape index (κ2) is 7.35. The highest BCUT2D eigenvalue weighted by molar-refractivity contribution is 5.57. The van der Waals surface area contributed by atoms with Gasteiger partial charge in [-0.25, -0.2) is 9.79 Å². The van der Waals surface area contributed by atoms with Crippen LogP contribution in [-0.2, 0) is 6.54 Å². The Morgan fingerprint density at radius 2 is 2.19 bits per heavy atom. The van der Waals surface area contributed by atoms with E-state index in [1.165, 1.54) is 0 Å². The molecule has 0 saturated heterocycles. The quantitative estimate of drug-likeness (QED) is 0.407. The number of imidazole rings is 1. The third-order valence-electron chi connectivity index (χ3n) is 4.97. The van der Waals surface area contributed by atoms with Crippen LogP contribution in [0.1, 0.15) is 29.8 Å². The molecule has 1 saturated carbocycles. The Morgan fingerprint density at radius 3 is 2.90 bits per heavy atom. The van der Waals surface area contributed by atoms with Gasteiger partial charge in [-0.3, -0.25) is 9.97 Å². The van der Waals surface area contributed by atoms with Gasteiger partial charge >= 0.3 is 5.69 Å². The topological polar surface area (TPSA) is 140 Å². The molecule has 1 fully saturated rings. The van der Waals surface area contributed by atoms with Crippen molar-refractivity contribution in [3.63, 3.8) is 0 Å². The zero-order valence-electron chi connectivity index (χ0n) is 17.1. The number of aromatic hydroxyl groups is 1. The van der Waals surface area contributed by atoms with Crippen molar-refractivity contribution in [3.8, 4) is 5.88 Å². The van der Waals surface area contributed by atoms with Crippen molar-refractivity contribution in [2.75, 3.05) is 11.9 Å². The first-order valence-electron chi connectivity index (χ1n) is 9.91. The van der Waals surface area contributed by atoms with Crippen LogP contribution in [0.3, 0.4) is 0 Å². The molecule has 4 aromatic heterocycles. The Hall–Kier alpha value is -4.02. The molecular formula is C20H21N9O2. The molecule has 0 atom stereocenters. The smallest absolute Gasteiger partial charge is 0.326 e. The van der Waals surface area contributed by atoms with Gasteiger partial charge in [0.25, 0.3) is 5.62 Å². The monoisotopic (exact) mass is 419 g/mol. The van der Waals surface area contributed by atoms with Crippen molar-refractivity contribution < 1.29 is 5.11 Å². The first-order chi connectivity index (χ1) is 15.0. The molecule has 3 N–H and O–H groups in total. The van der Waals surface area contributed by atoms with Gasteiger partial charge in [0.2, 0.25) is 11.8 Å². The number of hydrogen-bond acceptors (Lipinski definition) is 8. The minimum Gasteiger partial charge on any atom is -0.493 e. The van der Waals surface area contributed by atoms with E-state index in [0.29, 0.717) is 29.0 Å². The van der Waals surface area contributed by atoms with E-state index in [-0.39, 0.29) is 17.6 Å². The first-order valence-corrected chi connectivity index (χ1v) is 9.91. The standard InChI is InChI=1S/C20H21N9O2/c1-11-7-12(5-6-21-11)10-28(2)18-25-16-13(8-15-17(30)26-20(31)24-15)9-22-29(16)19(27-18)23-14-3-4-14/h5-9,14,30H,3-4,10H2,1-2H3,(H2,24,26,31)/b13-8+,23-19?. The number of anilines is 1. The van der Waals surface area contributed by atoms with Gasteiger partial charge < -0.3 is 15.0 Å². The van der Waals surface area contributed by atoms with E-state index in [4.69, 9.17) is 9.98 Å². The molecule has 158 valence electrons. The molecule has 4 aromatic rings. The van der Waals surface area contributed by atoms with Crippen molar-refractivity contribution >= 4 is 17.7 Å². The van der Waals surface area contributed by atoms with E-state index in [1.54, 1.807) is 23.0 Å². The van der Waals surface area contributed by atoms with Crippen molar-refractivity contribution in [2.24, 2.45) is 4.99 Å².